The number of hydrogen-bond acceptors (Lipinski definition) is 0. The largest absolute Gasteiger partial charge is 0.0125 e. The van der Waals surface area contributed by atoms with E-state index in [1.807, 2.05) is 0 Å². The quantitative estimate of drug-likeness (QED) is 0.309. The maximum atomic E-state index is 0. The topological polar surface area (TPSA) is 0 Å². The van der Waals surface area contributed by atoms with Crippen molar-refractivity contribution in [3.05, 3.63) is 0 Å². The third-order valence-electron chi connectivity index (χ3n) is 0. The fraction of sp³-hybridized carbons (Fsp3) is 0. The van der Waals surface area contributed by atoms with Crippen molar-refractivity contribution in [2.75, 3.05) is 0 Å². The van der Waals surface area contributed by atoms with Crippen molar-refractivity contribution in [3.63, 3.8) is 0 Å². The van der Waals surface area contributed by atoms with Crippen molar-refractivity contribution in [2.24, 2.45) is 0 Å². The Bertz CT molecular complexity index is 8.00. The summed E-state index contributed by atoms with van der Waals surface area (Å²) in [6.07, 6.45) is 0. The van der Waals surface area contributed by atoms with Gasteiger partial charge in [0, 0.05) is 8.41 Å². The first-order valence-corrected chi connectivity index (χ1v) is 0. The first-order chi connectivity index (χ1) is 0. The number of rotatable bonds is 0. The summed E-state index contributed by atoms with van der Waals surface area (Å²) >= 11 is 0. The second-order valence-electron chi connectivity index (χ2n) is 0. The van der Waals surface area contributed by atoms with Crippen LogP contribution in [0.15, 0.2) is 0 Å². The van der Waals surface area contributed by atoms with Crippen molar-refractivity contribution in [1.82, 2.24) is 0 Å². The molecule has 0 atom stereocenters. The van der Waals surface area contributed by atoms with E-state index >= 15 is 0 Å². The van der Waals surface area contributed by atoms with Gasteiger partial charge >= 0.3 is 17.6 Å². The Hall–Kier alpha value is 1.36. The third kappa shape index (κ3) is 10.1. The van der Waals surface area contributed by atoms with Crippen molar-refractivity contribution in [1.29, 1.82) is 0 Å². The van der Waals surface area contributed by atoms with E-state index < -0.39 is 0 Å². The molecule has 0 spiro atoms. The zero-order valence-electron chi connectivity index (χ0n) is 2.28. The summed E-state index contributed by atoms with van der Waals surface area (Å²) in [7, 11) is 0. The minimum Gasteiger partial charge on any atom is -0.0125 e. The number of hydrogen-bond donors (Lipinski definition) is 0. The van der Waals surface area contributed by atoms with E-state index in [1.165, 1.54) is 0 Å². The standard InChI is InChI=1S/Al.B.GeH4.H3Si.H/h;;1H4;1H3;. The summed E-state index contributed by atoms with van der Waals surface area (Å²) < 4.78 is 0. The minimum absolute atomic E-state index is 0. The second kappa shape index (κ2) is 26.7. The zero-order chi connectivity index (χ0) is 0. The maximum Gasteiger partial charge on any atom is -0.0125 e. The molecule has 0 aromatic rings. The Kier molecular flexibility index (Phi) is 368. The van der Waals surface area contributed by atoms with Crippen LogP contribution >= 0.6 is 0 Å². The smallest absolute Gasteiger partial charge is 0.0125 e. The molecule has 0 rings (SSSR count). The molecule has 0 N–H and O–H groups in total. The predicted octanol–water partition coefficient (Wildman–Crippen LogP) is -3.66. The van der Waals surface area contributed by atoms with E-state index in [-0.39, 0.29) is 54.3 Å². The molecule has 0 saturated heterocycles. The molecule has 4 heteroatoms. The minimum atomic E-state index is 0. The molecule has 22 valence electrons. The van der Waals surface area contributed by atoms with Crippen molar-refractivity contribution >= 4 is 54.3 Å². The Labute approximate surface area is 54.4 Å². The Morgan fingerprint density at radius 2 is 1.00 bits per heavy atom. The summed E-state index contributed by atoms with van der Waals surface area (Å²) in [5.74, 6) is 0. The van der Waals surface area contributed by atoms with Gasteiger partial charge in [0.15, 0.2) is 0 Å². The average molecular weight is 147 g/mol. The predicted molar refractivity (Wildman–Crippen MR) is 34.2 cm³/mol. The van der Waals surface area contributed by atoms with Gasteiger partial charge in [0.25, 0.3) is 0 Å². The van der Waals surface area contributed by atoms with Crippen LogP contribution in [0.25, 0.3) is 0 Å². The van der Waals surface area contributed by atoms with E-state index in [0.717, 1.165) is 0 Å². The molecule has 0 aliphatic heterocycles. The normalized spacial score (nSPS) is 0. The SMILES string of the molecule is [AlH].[B].[GeH4].[SiH3]. The van der Waals surface area contributed by atoms with Gasteiger partial charge in [0.2, 0.25) is 0 Å². The van der Waals surface area contributed by atoms with E-state index in [1.54, 1.807) is 0 Å². The van der Waals surface area contributed by atoms with Crippen molar-refractivity contribution < 1.29 is 0 Å². The molecule has 0 amide bonds. The first-order valence-electron chi connectivity index (χ1n) is 0. The van der Waals surface area contributed by atoms with E-state index in [0.29, 0.717) is 0 Å². The van der Waals surface area contributed by atoms with Gasteiger partial charge in [-0.05, 0) is 11.0 Å². The van der Waals surface area contributed by atoms with Gasteiger partial charge in [-0.2, -0.15) is 0 Å². The van der Waals surface area contributed by atoms with E-state index in [2.05, 4.69) is 0 Å². The summed E-state index contributed by atoms with van der Waals surface area (Å²) in [4.78, 5) is 0. The summed E-state index contributed by atoms with van der Waals surface area (Å²) in [5.41, 5.74) is 0. The summed E-state index contributed by atoms with van der Waals surface area (Å²) in [5, 5.41) is 0. The van der Waals surface area contributed by atoms with Crippen LogP contribution in [0.1, 0.15) is 0 Å². The molecule has 0 nitrogen and oxygen atoms in total. The van der Waals surface area contributed by atoms with Gasteiger partial charge in [-0.25, -0.2) is 0 Å². The van der Waals surface area contributed by atoms with Gasteiger partial charge in [0.1, 0.15) is 0 Å². The van der Waals surface area contributed by atoms with E-state index in [9.17, 15) is 0 Å². The first kappa shape index (κ1) is 55.2. The summed E-state index contributed by atoms with van der Waals surface area (Å²) in [6, 6.07) is 0. The van der Waals surface area contributed by atoms with Crippen molar-refractivity contribution in [3.8, 4) is 0 Å². The molecule has 0 aliphatic carbocycles. The Morgan fingerprint density at radius 3 is 1.00 bits per heavy atom. The fourth-order valence-electron chi connectivity index (χ4n) is 0. The second-order valence-corrected chi connectivity index (χ2v) is 0. The van der Waals surface area contributed by atoms with Crippen LogP contribution in [0.2, 0.25) is 0 Å². The molecule has 0 aromatic heterocycles. The molecule has 0 bridgehead atoms. The Balaban J connectivity index is 0. The van der Waals surface area contributed by atoms with Crippen molar-refractivity contribution in [2.45, 2.75) is 0 Å². The molecular weight excluding hydrogens is 138 g/mol. The molecule has 0 saturated carbocycles. The van der Waals surface area contributed by atoms with Gasteiger partial charge in [-0.3, -0.25) is 0 Å². The average Bonchev–Trinajstić information content (AvgIpc) is 0. The van der Waals surface area contributed by atoms with Gasteiger partial charge in [0.05, 0.1) is 17.4 Å². The van der Waals surface area contributed by atoms with Crippen LogP contribution in [0, 0.1) is 0 Å². The van der Waals surface area contributed by atoms with Gasteiger partial charge in [-0.1, -0.05) is 0 Å². The van der Waals surface area contributed by atoms with Crippen LogP contribution in [0.4, 0.5) is 0 Å². The summed E-state index contributed by atoms with van der Waals surface area (Å²) in [6.45, 7) is 0. The van der Waals surface area contributed by atoms with Crippen LogP contribution < -0.4 is 0 Å². The van der Waals surface area contributed by atoms with E-state index in [4.69, 9.17) is 0 Å². The zero-order valence-corrected chi connectivity index (χ0v) is 5.70. The molecule has 4 heavy (non-hydrogen) atoms. The molecule has 0 aromatic carbocycles. The van der Waals surface area contributed by atoms with Crippen LogP contribution in [-0.2, 0) is 0 Å². The maximum absolute atomic E-state index is 0. The molecular formula is H8AlBGeSi. The molecule has 0 heterocycles. The van der Waals surface area contributed by atoms with Crippen LogP contribution in [-0.4, -0.2) is 54.3 Å². The molecule has 0 unspecified atom stereocenters. The monoisotopic (exact) mass is 148 g/mol. The van der Waals surface area contributed by atoms with Gasteiger partial charge in [-0.15, -0.1) is 0 Å². The third-order valence-corrected chi connectivity index (χ3v) is 0. The van der Waals surface area contributed by atoms with Gasteiger partial charge < -0.3 is 0 Å². The van der Waals surface area contributed by atoms with Crippen LogP contribution in [0.5, 0.6) is 0 Å². The molecule has 6 radical (unpaired) electrons. The molecule has 0 fully saturated rings. The van der Waals surface area contributed by atoms with Crippen LogP contribution in [0.3, 0.4) is 0 Å². The Morgan fingerprint density at radius 1 is 1.00 bits per heavy atom. The molecule has 0 aliphatic rings. The fourth-order valence-corrected chi connectivity index (χ4v) is 0.